The van der Waals surface area contributed by atoms with Gasteiger partial charge in [0, 0.05) is 12.1 Å². The molecule has 0 aliphatic heterocycles. The summed E-state index contributed by atoms with van der Waals surface area (Å²) in [6.07, 6.45) is 8.41. The van der Waals surface area contributed by atoms with Crippen molar-refractivity contribution in [3.05, 3.63) is 12.4 Å². The Hall–Kier alpha value is -1.32. The van der Waals surface area contributed by atoms with E-state index in [0.717, 1.165) is 24.6 Å². The lowest BCUT2D eigenvalue weighted by atomic mass is 9.78. The molecule has 1 heterocycles. The zero-order valence-electron chi connectivity index (χ0n) is 10.1. The fourth-order valence-corrected chi connectivity index (χ4v) is 1.91. The van der Waals surface area contributed by atoms with Crippen LogP contribution < -0.4 is 10.6 Å². The maximum absolute atomic E-state index is 4.49. The maximum Gasteiger partial charge on any atom is 0.147 e. The highest BCUT2D eigenvalue weighted by molar-refractivity contribution is 5.43. The molecule has 1 aromatic rings. The van der Waals surface area contributed by atoms with E-state index in [2.05, 4.69) is 34.4 Å². The monoisotopic (exact) mass is 220 g/mol. The normalized spacial score (nSPS) is 17.6. The van der Waals surface area contributed by atoms with Crippen molar-refractivity contribution in [2.75, 3.05) is 17.2 Å². The van der Waals surface area contributed by atoms with Gasteiger partial charge in [-0.25, -0.2) is 4.98 Å². The van der Waals surface area contributed by atoms with Crippen molar-refractivity contribution >= 4 is 11.6 Å². The smallest absolute Gasteiger partial charge is 0.147 e. The van der Waals surface area contributed by atoms with Crippen LogP contribution in [0.5, 0.6) is 0 Å². The highest BCUT2D eigenvalue weighted by Crippen LogP contribution is 2.34. The van der Waals surface area contributed by atoms with Crippen LogP contribution in [0.2, 0.25) is 0 Å². The molecule has 1 aromatic heterocycles. The molecule has 0 amide bonds. The number of aromatic nitrogens is 2. The molecule has 0 spiro atoms. The Labute approximate surface area is 96.9 Å². The molecule has 1 aliphatic rings. The second-order valence-electron chi connectivity index (χ2n) is 4.76. The average Bonchev–Trinajstić information content (AvgIpc) is 2.25. The molecule has 88 valence electrons. The third-order valence-corrected chi connectivity index (χ3v) is 3.08. The first-order valence-corrected chi connectivity index (χ1v) is 6.06. The van der Waals surface area contributed by atoms with Gasteiger partial charge in [-0.2, -0.15) is 0 Å². The zero-order valence-corrected chi connectivity index (χ0v) is 10.1. The van der Waals surface area contributed by atoms with E-state index >= 15 is 0 Å². The van der Waals surface area contributed by atoms with Crippen LogP contribution in [0.1, 0.15) is 39.5 Å². The van der Waals surface area contributed by atoms with Crippen LogP contribution in [-0.4, -0.2) is 22.1 Å². The summed E-state index contributed by atoms with van der Waals surface area (Å²) in [6.45, 7) is 5.32. The quantitative estimate of drug-likeness (QED) is 0.801. The minimum Gasteiger partial charge on any atom is -0.369 e. The molecule has 0 saturated heterocycles. The van der Waals surface area contributed by atoms with Crippen LogP contribution in [0.15, 0.2) is 12.4 Å². The number of anilines is 2. The number of nitrogens with one attached hydrogen (secondary N) is 2. The van der Waals surface area contributed by atoms with Gasteiger partial charge in [0.15, 0.2) is 0 Å². The van der Waals surface area contributed by atoms with Gasteiger partial charge in [-0.1, -0.05) is 6.92 Å². The first-order valence-electron chi connectivity index (χ1n) is 6.06. The third-order valence-electron chi connectivity index (χ3n) is 3.08. The van der Waals surface area contributed by atoms with Crippen molar-refractivity contribution in [1.29, 1.82) is 0 Å². The molecule has 1 fully saturated rings. The highest BCUT2D eigenvalue weighted by Gasteiger charge is 2.31. The van der Waals surface area contributed by atoms with Crippen molar-refractivity contribution < 1.29 is 0 Å². The minimum atomic E-state index is 0.234. The van der Waals surface area contributed by atoms with E-state index in [1.54, 1.807) is 12.4 Å². The topological polar surface area (TPSA) is 49.8 Å². The largest absolute Gasteiger partial charge is 0.369 e. The molecule has 2 rings (SSSR count). The highest BCUT2D eigenvalue weighted by atomic mass is 15.1. The summed E-state index contributed by atoms with van der Waals surface area (Å²) in [5, 5.41) is 6.70. The first kappa shape index (κ1) is 11.2. The summed E-state index contributed by atoms with van der Waals surface area (Å²) in [4.78, 5) is 8.69. The lowest BCUT2D eigenvalue weighted by Gasteiger charge is -2.39. The number of hydrogen-bond donors (Lipinski definition) is 2. The van der Waals surface area contributed by atoms with Gasteiger partial charge >= 0.3 is 0 Å². The van der Waals surface area contributed by atoms with Gasteiger partial charge in [0.1, 0.15) is 11.6 Å². The molecule has 4 nitrogen and oxygen atoms in total. The Bertz CT molecular complexity index is 347. The van der Waals surface area contributed by atoms with Crippen LogP contribution >= 0.6 is 0 Å². The third kappa shape index (κ3) is 2.62. The Balaban J connectivity index is 1.98. The molecular weight excluding hydrogens is 200 g/mol. The molecular formula is C12H20N4. The van der Waals surface area contributed by atoms with Gasteiger partial charge < -0.3 is 10.6 Å². The van der Waals surface area contributed by atoms with E-state index in [4.69, 9.17) is 0 Å². The van der Waals surface area contributed by atoms with Crippen LogP contribution in [0.25, 0.3) is 0 Å². The van der Waals surface area contributed by atoms with Gasteiger partial charge in [-0.15, -0.1) is 0 Å². The van der Waals surface area contributed by atoms with Crippen molar-refractivity contribution in [1.82, 2.24) is 9.97 Å². The Morgan fingerprint density at radius 1 is 1.31 bits per heavy atom. The minimum absolute atomic E-state index is 0.234. The molecule has 1 aliphatic carbocycles. The van der Waals surface area contributed by atoms with E-state index in [9.17, 15) is 0 Å². The maximum atomic E-state index is 4.49. The Morgan fingerprint density at radius 2 is 2.06 bits per heavy atom. The van der Waals surface area contributed by atoms with Gasteiger partial charge in [-0.3, -0.25) is 4.98 Å². The molecule has 0 radical (unpaired) electrons. The lowest BCUT2D eigenvalue weighted by molar-refractivity contribution is 0.305. The second kappa shape index (κ2) is 4.68. The van der Waals surface area contributed by atoms with Crippen LogP contribution in [0.4, 0.5) is 11.6 Å². The molecule has 4 heteroatoms. The van der Waals surface area contributed by atoms with Crippen LogP contribution in [0.3, 0.4) is 0 Å². The zero-order chi connectivity index (χ0) is 11.4. The van der Waals surface area contributed by atoms with Crippen molar-refractivity contribution in [3.8, 4) is 0 Å². The summed E-state index contributed by atoms with van der Waals surface area (Å²) in [7, 11) is 0. The summed E-state index contributed by atoms with van der Waals surface area (Å²) in [6, 6.07) is 0. The molecule has 0 unspecified atom stereocenters. The number of nitrogens with zero attached hydrogens (tertiary/aromatic N) is 2. The fraction of sp³-hybridized carbons (Fsp3) is 0.667. The standard InChI is InChI=1S/C12H20N4/c1-3-7-14-10-8-13-9-11(15-10)16-12(2)5-4-6-12/h8-9H,3-7H2,1-2H3,(H2,14,15,16). The molecule has 0 atom stereocenters. The van der Waals surface area contributed by atoms with Gasteiger partial charge in [0.25, 0.3) is 0 Å². The fourth-order valence-electron chi connectivity index (χ4n) is 1.91. The molecule has 16 heavy (non-hydrogen) atoms. The summed E-state index contributed by atoms with van der Waals surface area (Å²) >= 11 is 0. The number of hydrogen-bond acceptors (Lipinski definition) is 4. The predicted octanol–water partition coefficient (Wildman–Crippen LogP) is 2.65. The molecule has 0 aromatic carbocycles. The van der Waals surface area contributed by atoms with Crippen LogP contribution in [-0.2, 0) is 0 Å². The van der Waals surface area contributed by atoms with E-state index in [1.807, 2.05) is 0 Å². The molecule has 2 N–H and O–H groups in total. The predicted molar refractivity (Wildman–Crippen MR) is 66.7 cm³/mol. The summed E-state index contributed by atoms with van der Waals surface area (Å²) in [5.74, 6) is 1.73. The van der Waals surface area contributed by atoms with E-state index in [0.29, 0.717) is 0 Å². The van der Waals surface area contributed by atoms with Crippen molar-refractivity contribution in [2.24, 2.45) is 0 Å². The van der Waals surface area contributed by atoms with E-state index in [1.165, 1.54) is 19.3 Å². The Kier molecular flexibility index (Phi) is 3.27. The first-order chi connectivity index (χ1) is 7.72. The van der Waals surface area contributed by atoms with E-state index in [-0.39, 0.29) is 5.54 Å². The average molecular weight is 220 g/mol. The van der Waals surface area contributed by atoms with Crippen molar-refractivity contribution in [3.63, 3.8) is 0 Å². The van der Waals surface area contributed by atoms with Crippen molar-refractivity contribution in [2.45, 2.75) is 45.1 Å². The van der Waals surface area contributed by atoms with Gasteiger partial charge in [-0.05, 0) is 32.6 Å². The van der Waals surface area contributed by atoms with Gasteiger partial charge in [0.2, 0.25) is 0 Å². The molecule has 1 saturated carbocycles. The van der Waals surface area contributed by atoms with Crippen LogP contribution in [0, 0.1) is 0 Å². The second-order valence-corrected chi connectivity index (χ2v) is 4.76. The molecule has 0 bridgehead atoms. The SMILES string of the molecule is CCCNc1cncc(NC2(C)CCC2)n1. The number of rotatable bonds is 5. The Morgan fingerprint density at radius 3 is 2.69 bits per heavy atom. The summed E-state index contributed by atoms with van der Waals surface area (Å²) in [5.41, 5.74) is 0.234. The van der Waals surface area contributed by atoms with Gasteiger partial charge in [0.05, 0.1) is 12.4 Å². The van der Waals surface area contributed by atoms with E-state index < -0.39 is 0 Å². The lowest BCUT2D eigenvalue weighted by Crippen LogP contribution is -2.41. The summed E-state index contributed by atoms with van der Waals surface area (Å²) < 4.78 is 0.